The molecular formula is C13H19ClO2S. The van der Waals surface area contributed by atoms with Crippen LogP contribution in [0.4, 0.5) is 0 Å². The molecule has 96 valence electrons. The molecule has 0 amide bonds. The van der Waals surface area contributed by atoms with Crippen molar-refractivity contribution >= 4 is 21.4 Å². The lowest BCUT2D eigenvalue weighted by Crippen LogP contribution is -2.35. The van der Waals surface area contributed by atoms with E-state index in [4.69, 9.17) is 11.6 Å². The van der Waals surface area contributed by atoms with Crippen molar-refractivity contribution < 1.29 is 8.42 Å². The molecule has 4 heteroatoms. The molecule has 1 rings (SSSR count). The van der Waals surface area contributed by atoms with Crippen molar-refractivity contribution in [1.29, 1.82) is 0 Å². The van der Waals surface area contributed by atoms with Gasteiger partial charge in [0.2, 0.25) is 0 Å². The van der Waals surface area contributed by atoms with Gasteiger partial charge in [0.05, 0.1) is 10.1 Å². The molecule has 0 aliphatic carbocycles. The van der Waals surface area contributed by atoms with Crippen molar-refractivity contribution in [3.63, 3.8) is 0 Å². The van der Waals surface area contributed by atoms with Gasteiger partial charge < -0.3 is 0 Å². The summed E-state index contributed by atoms with van der Waals surface area (Å²) < 4.78 is 22.6. The molecule has 0 aromatic heterocycles. The Balaban J connectivity index is 3.30. The molecule has 0 heterocycles. The summed E-state index contributed by atoms with van der Waals surface area (Å²) in [6.07, 6.45) is 1.23. The van der Waals surface area contributed by atoms with Gasteiger partial charge >= 0.3 is 0 Å². The van der Waals surface area contributed by atoms with Gasteiger partial charge in [0.1, 0.15) is 0 Å². The normalized spacial score (nSPS) is 14.7. The molecule has 0 fully saturated rings. The Hall–Kier alpha value is -0.540. The molecular weight excluding hydrogens is 256 g/mol. The van der Waals surface area contributed by atoms with E-state index < -0.39 is 20.0 Å². The molecule has 1 unspecified atom stereocenters. The first-order chi connectivity index (χ1) is 7.57. The van der Waals surface area contributed by atoms with Gasteiger partial charge in [-0.25, -0.2) is 8.42 Å². The molecule has 0 aliphatic rings. The molecule has 2 nitrogen and oxygen atoms in total. The third-order valence-electron chi connectivity index (χ3n) is 3.27. The molecule has 0 N–H and O–H groups in total. The lowest BCUT2D eigenvalue weighted by Gasteiger charge is -2.29. The Kier molecular flexibility index (Phi) is 3.94. The zero-order valence-electron chi connectivity index (χ0n) is 10.9. The Morgan fingerprint density at radius 3 is 2.24 bits per heavy atom. The van der Waals surface area contributed by atoms with E-state index in [0.29, 0.717) is 0 Å². The van der Waals surface area contributed by atoms with E-state index in [1.54, 1.807) is 13.8 Å². The largest absolute Gasteiger partial charge is 0.229 e. The van der Waals surface area contributed by atoms with Crippen LogP contribution in [0.15, 0.2) is 18.2 Å². The summed E-state index contributed by atoms with van der Waals surface area (Å²) in [5.74, 6) is 0. The average Bonchev–Trinajstić information content (AvgIpc) is 2.19. The van der Waals surface area contributed by atoms with E-state index in [2.05, 4.69) is 0 Å². The number of sulfone groups is 1. The third kappa shape index (κ3) is 2.83. The highest BCUT2D eigenvalue weighted by Crippen LogP contribution is 2.39. The Morgan fingerprint density at radius 2 is 1.76 bits per heavy atom. The zero-order chi connectivity index (χ0) is 13.4. The van der Waals surface area contributed by atoms with E-state index >= 15 is 0 Å². The number of aryl methyl sites for hydroxylation is 2. The van der Waals surface area contributed by atoms with Crippen LogP contribution in [-0.2, 0) is 9.84 Å². The van der Waals surface area contributed by atoms with E-state index in [0.717, 1.165) is 16.7 Å². The summed E-state index contributed by atoms with van der Waals surface area (Å²) in [6.45, 7) is 7.26. The average molecular weight is 275 g/mol. The molecule has 1 atom stereocenters. The fraction of sp³-hybridized carbons (Fsp3) is 0.538. The van der Waals surface area contributed by atoms with E-state index in [1.165, 1.54) is 6.26 Å². The highest BCUT2D eigenvalue weighted by Gasteiger charge is 2.39. The maximum absolute atomic E-state index is 11.8. The molecule has 0 saturated carbocycles. The zero-order valence-corrected chi connectivity index (χ0v) is 12.5. The molecule has 17 heavy (non-hydrogen) atoms. The number of alkyl halides is 1. The Labute approximate surface area is 109 Å². The first kappa shape index (κ1) is 14.5. The van der Waals surface area contributed by atoms with Crippen LogP contribution in [0.5, 0.6) is 0 Å². The number of halogens is 1. The van der Waals surface area contributed by atoms with Crippen LogP contribution in [0, 0.1) is 13.8 Å². The fourth-order valence-corrected chi connectivity index (χ4v) is 2.82. The summed E-state index contributed by atoms with van der Waals surface area (Å²) in [5.41, 5.74) is 3.00. The van der Waals surface area contributed by atoms with Gasteiger partial charge in [-0.2, -0.15) is 0 Å². The molecule has 0 spiro atoms. The van der Waals surface area contributed by atoms with Crippen molar-refractivity contribution in [1.82, 2.24) is 0 Å². The second-order valence-corrected chi connectivity index (χ2v) is 8.13. The topological polar surface area (TPSA) is 34.1 Å². The molecule has 0 bridgehead atoms. The fourth-order valence-electron chi connectivity index (χ4n) is 1.60. The number of hydrogen-bond acceptors (Lipinski definition) is 2. The van der Waals surface area contributed by atoms with Gasteiger partial charge in [0, 0.05) is 6.26 Å². The highest BCUT2D eigenvalue weighted by atomic mass is 35.5. The summed E-state index contributed by atoms with van der Waals surface area (Å²) in [5, 5.41) is -0.544. The van der Waals surface area contributed by atoms with Crippen molar-refractivity contribution in [2.45, 2.75) is 37.8 Å². The van der Waals surface area contributed by atoms with Gasteiger partial charge in [-0.1, -0.05) is 23.8 Å². The van der Waals surface area contributed by atoms with E-state index in [1.807, 2.05) is 32.0 Å². The molecule has 1 aromatic rings. The minimum Gasteiger partial charge on any atom is -0.229 e. The molecule has 0 aliphatic heterocycles. The summed E-state index contributed by atoms with van der Waals surface area (Å²) in [6, 6.07) is 5.92. The SMILES string of the molecule is Cc1ccc(C)c(C(Cl)C(C)(C)S(C)(=O)=O)c1. The minimum atomic E-state index is -3.21. The standard InChI is InChI=1S/C13H19ClO2S/c1-9-6-7-10(2)11(8-9)12(14)13(3,4)17(5,15)16/h6-8,12H,1-5H3. The second-order valence-electron chi connectivity index (χ2n) is 5.10. The monoisotopic (exact) mass is 274 g/mol. The summed E-state index contributed by atoms with van der Waals surface area (Å²) >= 11 is 6.38. The molecule has 0 saturated heterocycles. The second kappa shape index (κ2) is 4.62. The maximum Gasteiger partial charge on any atom is 0.154 e. The number of hydrogen-bond donors (Lipinski definition) is 0. The Bertz CT molecular complexity index is 518. The number of rotatable bonds is 3. The third-order valence-corrected chi connectivity index (χ3v) is 6.33. The van der Waals surface area contributed by atoms with Gasteiger partial charge in [0.25, 0.3) is 0 Å². The van der Waals surface area contributed by atoms with Crippen LogP contribution in [0.2, 0.25) is 0 Å². The van der Waals surface area contributed by atoms with E-state index in [9.17, 15) is 8.42 Å². The van der Waals surface area contributed by atoms with Gasteiger partial charge in [-0.05, 0) is 38.8 Å². The minimum absolute atomic E-state index is 0.544. The first-order valence-electron chi connectivity index (χ1n) is 5.48. The van der Waals surface area contributed by atoms with Crippen molar-refractivity contribution in [3.05, 3.63) is 34.9 Å². The predicted octanol–water partition coefficient (Wildman–Crippen LogP) is 3.41. The summed E-state index contributed by atoms with van der Waals surface area (Å²) in [4.78, 5) is 0. The van der Waals surface area contributed by atoms with Crippen LogP contribution in [0.3, 0.4) is 0 Å². The van der Waals surface area contributed by atoms with Gasteiger partial charge in [-0.15, -0.1) is 11.6 Å². The van der Waals surface area contributed by atoms with Crippen LogP contribution < -0.4 is 0 Å². The summed E-state index contributed by atoms with van der Waals surface area (Å²) in [7, 11) is -3.21. The molecule has 1 aromatic carbocycles. The van der Waals surface area contributed by atoms with E-state index in [-0.39, 0.29) is 0 Å². The van der Waals surface area contributed by atoms with Crippen LogP contribution in [0.25, 0.3) is 0 Å². The molecule has 0 radical (unpaired) electrons. The van der Waals surface area contributed by atoms with Crippen molar-refractivity contribution in [2.24, 2.45) is 0 Å². The lowest BCUT2D eigenvalue weighted by atomic mass is 9.96. The van der Waals surface area contributed by atoms with Crippen LogP contribution >= 0.6 is 11.6 Å². The van der Waals surface area contributed by atoms with Crippen LogP contribution in [0.1, 0.15) is 35.9 Å². The lowest BCUT2D eigenvalue weighted by molar-refractivity contribution is 0.543. The maximum atomic E-state index is 11.8. The quantitative estimate of drug-likeness (QED) is 0.792. The van der Waals surface area contributed by atoms with Crippen LogP contribution in [-0.4, -0.2) is 19.4 Å². The Morgan fingerprint density at radius 1 is 1.24 bits per heavy atom. The van der Waals surface area contributed by atoms with Gasteiger partial charge in [0.15, 0.2) is 9.84 Å². The van der Waals surface area contributed by atoms with Gasteiger partial charge in [-0.3, -0.25) is 0 Å². The number of benzene rings is 1. The highest BCUT2D eigenvalue weighted by molar-refractivity contribution is 7.92. The first-order valence-corrected chi connectivity index (χ1v) is 7.81. The van der Waals surface area contributed by atoms with Crippen molar-refractivity contribution in [2.75, 3.05) is 6.26 Å². The predicted molar refractivity (Wildman–Crippen MR) is 73.4 cm³/mol. The van der Waals surface area contributed by atoms with Crippen molar-refractivity contribution in [3.8, 4) is 0 Å². The smallest absolute Gasteiger partial charge is 0.154 e.